The first kappa shape index (κ1) is 21.1. The number of carbonyl (C=O) groups is 2. The van der Waals surface area contributed by atoms with Crippen LogP contribution in [0.15, 0.2) is 60.9 Å². The minimum atomic E-state index is -0.573. The zero-order valence-corrected chi connectivity index (χ0v) is 17.1. The van der Waals surface area contributed by atoms with Crippen LogP contribution in [0.2, 0.25) is 5.02 Å². The smallest absolute Gasteiger partial charge is 0.346 e. The molecule has 0 amide bonds. The number of ether oxygens (including phenoxy) is 3. The van der Waals surface area contributed by atoms with Crippen molar-refractivity contribution in [2.24, 2.45) is 0 Å². The van der Waals surface area contributed by atoms with Crippen molar-refractivity contribution in [2.75, 3.05) is 14.2 Å². The second-order valence-corrected chi connectivity index (χ2v) is 6.58. The number of carbonyl (C=O) groups excluding carboxylic acids is 2. The monoisotopic (exact) mass is 426 g/mol. The maximum absolute atomic E-state index is 12.5. The Kier molecular flexibility index (Phi) is 6.87. The number of hydrogen-bond acceptors (Lipinski definition) is 6. The highest BCUT2D eigenvalue weighted by molar-refractivity contribution is 6.31. The fraction of sp³-hybridized carbons (Fsp3) is 0.136. The average molecular weight is 427 g/mol. The summed E-state index contributed by atoms with van der Waals surface area (Å²) >= 11 is 6.17. The average Bonchev–Trinajstić information content (AvgIpc) is 3.23. The lowest BCUT2D eigenvalue weighted by Crippen LogP contribution is -2.09. The highest BCUT2D eigenvalue weighted by Crippen LogP contribution is 2.29. The fourth-order valence-corrected chi connectivity index (χ4v) is 2.82. The van der Waals surface area contributed by atoms with Gasteiger partial charge >= 0.3 is 11.9 Å². The molecule has 2 aromatic carbocycles. The van der Waals surface area contributed by atoms with Crippen LogP contribution in [0.4, 0.5) is 0 Å². The molecule has 0 radical (unpaired) electrons. The summed E-state index contributed by atoms with van der Waals surface area (Å²) in [5, 5.41) is 4.82. The van der Waals surface area contributed by atoms with Crippen LogP contribution in [0.3, 0.4) is 0 Å². The van der Waals surface area contributed by atoms with Crippen LogP contribution in [0.5, 0.6) is 11.5 Å². The molecular formula is C22H19ClN2O5. The number of rotatable bonds is 7. The van der Waals surface area contributed by atoms with Gasteiger partial charge in [-0.1, -0.05) is 35.9 Å². The summed E-state index contributed by atoms with van der Waals surface area (Å²) in [7, 11) is 2.76. The maximum Gasteiger partial charge on any atom is 0.346 e. The Labute approximate surface area is 178 Å². The number of methoxy groups -OCH3 is 2. The van der Waals surface area contributed by atoms with Gasteiger partial charge in [0.2, 0.25) is 0 Å². The van der Waals surface area contributed by atoms with Crippen LogP contribution < -0.4 is 9.47 Å². The van der Waals surface area contributed by atoms with Gasteiger partial charge in [0.1, 0.15) is 0 Å². The van der Waals surface area contributed by atoms with Crippen molar-refractivity contribution in [3.8, 4) is 11.5 Å². The molecule has 3 rings (SSSR count). The van der Waals surface area contributed by atoms with Crippen molar-refractivity contribution in [2.45, 2.75) is 6.54 Å². The SMILES string of the molecule is COC(=O)/C=C/c1ccc(OC(=O)c2cnn(Cc3ccccc3Cl)c2)c(OC)c1. The van der Waals surface area contributed by atoms with Crippen LogP contribution in [0.25, 0.3) is 6.08 Å². The molecule has 8 heteroatoms. The van der Waals surface area contributed by atoms with E-state index in [1.54, 1.807) is 41.2 Å². The van der Waals surface area contributed by atoms with Crippen LogP contribution >= 0.6 is 11.6 Å². The van der Waals surface area contributed by atoms with Gasteiger partial charge in [-0.2, -0.15) is 5.10 Å². The molecule has 0 saturated heterocycles. The normalized spacial score (nSPS) is 10.8. The first-order valence-corrected chi connectivity index (χ1v) is 9.30. The molecular weight excluding hydrogens is 408 g/mol. The summed E-state index contributed by atoms with van der Waals surface area (Å²) in [6, 6.07) is 12.3. The van der Waals surface area contributed by atoms with E-state index in [2.05, 4.69) is 9.84 Å². The number of aromatic nitrogens is 2. The van der Waals surface area contributed by atoms with Crippen LogP contribution in [0.1, 0.15) is 21.5 Å². The summed E-state index contributed by atoms with van der Waals surface area (Å²) in [6.45, 7) is 0.428. The first-order chi connectivity index (χ1) is 14.5. The Bertz CT molecular complexity index is 1090. The number of halogens is 1. The molecule has 30 heavy (non-hydrogen) atoms. The molecule has 0 aliphatic heterocycles. The molecule has 0 aliphatic carbocycles. The lowest BCUT2D eigenvalue weighted by Gasteiger charge is -2.09. The van der Waals surface area contributed by atoms with Gasteiger partial charge in [-0.05, 0) is 35.4 Å². The largest absolute Gasteiger partial charge is 0.493 e. The number of nitrogens with zero attached hydrogens (tertiary/aromatic N) is 2. The molecule has 0 fully saturated rings. The molecule has 0 N–H and O–H groups in total. The van der Waals surface area contributed by atoms with E-state index < -0.39 is 11.9 Å². The van der Waals surface area contributed by atoms with E-state index in [-0.39, 0.29) is 5.75 Å². The van der Waals surface area contributed by atoms with Crippen molar-refractivity contribution >= 4 is 29.6 Å². The van der Waals surface area contributed by atoms with Crippen molar-refractivity contribution in [3.05, 3.63) is 82.6 Å². The predicted octanol–water partition coefficient (Wildman–Crippen LogP) is 4.00. The zero-order chi connectivity index (χ0) is 21.5. The van der Waals surface area contributed by atoms with Crippen molar-refractivity contribution in [1.82, 2.24) is 9.78 Å². The van der Waals surface area contributed by atoms with Crippen molar-refractivity contribution in [1.29, 1.82) is 0 Å². The van der Waals surface area contributed by atoms with E-state index in [4.69, 9.17) is 21.1 Å². The van der Waals surface area contributed by atoms with Gasteiger partial charge in [0.15, 0.2) is 11.5 Å². The second-order valence-electron chi connectivity index (χ2n) is 6.17. The number of hydrogen-bond donors (Lipinski definition) is 0. The molecule has 0 unspecified atom stereocenters. The Morgan fingerprint density at radius 2 is 1.93 bits per heavy atom. The lowest BCUT2D eigenvalue weighted by molar-refractivity contribution is -0.134. The first-order valence-electron chi connectivity index (χ1n) is 8.92. The summed E-state index contributed by atoms with van der Waals surface area (Å²) in [4.78, 5) is 23.7. The second kappa shape index (κ2) is 9.76. The minimum Gasteiger partial charge on any atom is -0.493 e. The van der Waals surface area contributed by atoms with Gasteiger partial charge in [0.25, 0.3) is 0 Å². The van der Waals surface area contributed by atoms with Crippen molar-refractivity contribution < 1.29 is 23.8 Å². The van der Waals surface area contributed by atoms with Crippen LogP contribution in [0, 0.1) is 0 Å². The highest BCUT2D eigenvalue weighted by Gasteiger charge is 2.15. The van der Waals surface area contributed by atoms with E-state index in [1.807, 2.05) is 18.2 Å². The lowest BCUT2D eigenvalue weighted by atomic mass is 10.2. The third-order valence-electron chi connectivity index (χ3n) is 4.16. The zero-order valence-electron chi connectivity index (χ0n) is 16.4. The van der Waals surface area contributed by atoms with Gasteiger partial charge in [0, 0.05) is 17.3 Å². The van der Waals surface area contributed by atoms with E-state index in [9.17, 15) is 9.59 Å². The quantitative estimate of drug-likeness (QED) is 0.323. The van der Waals surface area contributed by atoms with Gasteiger partial charge in [-0.3, -0.25) is 4.68 Å². The molecule has 0 saturated carbocycles. The molecule has 154 valence electrons. The molecule has 0 spiro atoms. The van der Waals surface area contributed by atoms with Crippen molar-refractivity contribution in [3.63, 3.8) is 0 Å². The molecule has 0 aliphatic rings. The predicted molar refractivity (Wildman–Crippen MR) is 112 cm³/mol. The molecule has 0 bridgehead atoms. The Balaban J connectivity index is 1.71. The minimum absolute atomic E-state index is 0.247. The van der Waals surface area contributed by atoms with Crippen LogP contribution in [-0.2, 0) is 16.1 Å². The Morgan fingerprint density at radius 3 is 2.67 bits per heavy atom. The molecule has 1 heterocycles. The van der Waals surface area contributed by atoms with E-state index >= 15 is 0 Å². The standard InChI is InChI=1S/C22H19ClN2O5/c1-28-20-11-15(8-10-21(26)29-2)7-9-19(20)30-22(27)17-12-24-25(14-17)13-16-5-3-4-6-18(16)23/h3-12,14H,13H2,1-2H3/b10-8+. The Morgan fingerprint density at radius 1 is 1.13 bits per heavy atom. The molecule has 1 aromatic heterocycles. The highest BCUT2D eigenvalue weighted by atomic mass is 35.5. The van der Waals surface area contributed by atoms with Gasteiger partial charge in [-0.25, -0.2) is 9.59 Å². The number of esters is 2. The summed E-state index contributed by atoms with van der Waals surface area (Å²) in [6.07, 6.45) is 5.87. The van der Waals surface area contributed by atoms with Gasteiger partial charge < -0.3 is 14.2 Å². The van der Waals surface area contributed by atoms with Gasteiger partial charge in [0.05, 0.1) is 32.5 Å². The van der Waals surface area contributed by atoms with Gasteiger partial charge in [-0.15, -0.1) is 0 Å². The third kappa shape index (κ3) is 5.27. The maximum atomic E-state index is 12.5. The summed E-state index contributed by atoms with van der Waals surface area (Å²) in [5.74, 6) is -0.453. The number of benzene rings is 2. The summed E-state index contributed by atoms with van der Waals surface area (Å²) < 4.78 is 16.9. The third-order valence-corrected chi connectivity index (χ3v) is 4.53. The van der Waals surface area contributed by atoms with Crippen LogP contribution in [-0.4, -0.2) is 35.9 Å². The molecule has 0 atom stereocenters. The Hall–Kier alpha value is -3.58. The molecule has 3 aromatic rings. The van der Waals surface area contributed by atoms with E-state index in [0.29, 0.717) is 28.4 Å². The summed E-state index contributed by atoms with van der Waals surface area (Å²) in [5.41, 5.74) is 1.86. The topological polar surface area (TPSA) is 79.7 Å². The van der Waals surface area contributed by atoms with E-state index in [0.717, 1.165) is 5.56 Å². The molecule has 7 nitrogen and oxygen atoms in total. The van der Waals surface area contributed by atoms with E-state index in [1.165, 1.54) is 26.5 Å². The fourth-order valence-electron chi connectivity index (χ4n) is 2.62.